The van der Waals surface area contributed by atoms with E-state index >= 15 is 0 Å². The zero-order chi connectivity index (χ0) is 29.1. The molecule has 0 N–H and O–H groups in total. The number of rotatable bonds is 7. The predicted octanol–water partition coefficient (Wildman–Crippen LogP) is 3.95. The summed E-state index contributed by atoms with van der Waals surface area (Å²) in [6.45, 7) is 5.16. The molecule has 2 aromatic rings. The molecule has 212 valence electrons. The number of hydrogen-bond donors (Lipinski definition) is 0. The Bertz CT molecular complexity index is 1480. The van der Waals surface area contributed by atoms with Crippen molar-refractivity contribution in [3.05, 3.63) is 92.5 Å². The highest BCUT2D eigenvalue weighted by Crippen LogP contribution is 2.47. The summed E-state index contributed by atoms with van der Waals surface area (Å²) in [4.78, 5) is 60.0. The first kappa shape index (κ1) is 28.1. The Balaban J connectivity index is 1.56. The summed E-state index contributed by atoms with van der Waals surface area (Å²) < 4.78 is 5.49. The molecule has 12 heteroatoms. The summed E-state index contributed by atoms with van der Waals surface area (Å²) in [5.74, 6) is -0.725. The molecule has 0 aliphatic carbocycles. The van der Waals surface area contributed by atoms with Gasteiger partial charge in [0.15, 0.2) is 5.17 Å². The number of non-ortho nitro benzene ring substituents is 1. The zero-order valence-electron chi connectivity index (χ0n) is 22.7. The van der Waals surface area contributed by atoms with Gasteiger partial charge in [-0.05, 0) is 17.9 Å². The average molecular weight is 576 g/mol. The number of thioether (sulfide) groups is 1. The molecule has 1 atom stereocenters. The molecule has 0 spiro atoms. The minimum atomic E-state index is -0.819. The summed E-state index contributed by atoms with van der Waals surface area (Å²) in [5, 5.41) is 14.1. The topological polar surface area (TPSA) is 126 Å². The van der Waals surface area contributed by atoms with E-state index in [9.17, 15) is 24.5 Å². The Morgan fingerprint density at radius 2 is 1.76 bits per heavy atom. The van der Waals surface area contributed by atoms with Crippen molar-refractivity contribution >= 4 is 46.1 Å². The Morgan fingerprint density at radius 3 is 2.41 bits per heavy atom. The number of esters is 1. The van der Waals surface area contributed by atoms with Gasteiger partial charge in [-0.25, -0.2) is 9.79 Å². The molecule has 11 nitrogen and oxygen atoms in total. The van der Waals surface area contributed by atoms with Crippen molar-refractivity contribution in [1.82, 2.24) is 14.7 Å². The normalized spacial score (nSPS) is 18.5. The maximum absolute atomic E-state index is 13.6. The number of hydrogen-bond acceptors (Lipinski definition) is 9. The second kappa shape index (κ2) is 12.0. The van der Waals surface area contributed by atoms with Crippen LogP contribution in [-0.4, -0.2) is 75.4 Å². The van der Waals surface area contributed by atoms with Gasteiger partial charge in [0.2, 0.25) is 11.8 Å². The van der Waals surface area contributed by atoms with Crippen molar-refractivity contribution in [2.75, 3.05) is 32.8 Å². The molecule has 0 unspecified atom stereocenters. The lowest BCUT2D eigenvalue weighted by atomic mass is 9.91. The standard InChI is InChI=1S/C29H29N5O6S/c1-3-40-28(37)25-26(20-8-5-4-6-9-20)30-29-33(27(25)21-10-7-11-22(16-21)34(38)39)23(18-41-29)17-24(36)32-14-12-31(13-15-32)19(2)35/h4-11,16,18,27H,3,12-15,17H2,1-2H3/t27-/m1/s1. The van der Waals surface area contributed by atoms with Crippen LogP contribution in [0.25, 0.3) is 5.70 Å². The van der Waals surface area contributed by atoms with Crippen molar-refractivity contribution in [3.8, 4) is 0 Å². The van der Waals surface area contributed by atoms with Crippen molar-refractivity contribution in [2.45, 2.75) is 26.3 Å². The highest BCUT2D eigenvalue weighted by Gasteiger charge is 2.43. The fourth-order valence-electron chi connectivity index (χ4n) is 5.15. The first-order chi connectivity index (χ1) is 19.8. The molecule has 3 heterocycles. The first-order valence-electron chi connectivity index (χ1n) is 13.3. The minimum Gasteiger partial charge on any atom is -0.463 e. The molecule has 2 aromatic carbocycles. The third-order valence-electron chi connectivity index (χ3n) is 7.16. The Kier molecular flexibility index (Phi) is 8.20. The number of piperazine rings is 1. The number of carbonyl (C=O) groups excluding carboxylic acids is 3. The van der Waals surface area contributed by atoms with Gasteiger partial charge in [0.1, 0.15) is 0 Å². The molecule has 0 saturated carbocycles. The van der Waals surface area contributed by atoms with Crippen molar-refractivity contribution in [2.24, 2.45) is 4.99 Å². The van der Waals surface area contributed by atoms with Gasteiger partial charge >= 0.3 is 5.97 Å². The number of aliphatic imine (C=N–C) groups is 1. The summed E-state index contributed by atoms with van der Waals surface area (Å²) in [6, 6.07) is 14.6. The van der Waals surface area contributed by atoms with E-state index in [1.807, 2.05) is 40.6 Å². The Hall–Kier alpha value is -4.45. The van der Waals surface area contributed by atoms with Crippen molar-refractivity contribution in [1.29, 1.82) is 0 Å². The predicted molar refractivity (Wildman–Crippen MR) is 154 cm³/mol. The number of amidine groups is 1. The van der Waals surface area contributed by atoms with E-state index in [0.29, 0.717) is 53.9 Å². The molecule has 5 rings (SSSR count). The third kappa shape index (κ3) is 5.73. The van der Waals surface area contributed by atoms with Crippen molar-refractivity contribution < 1.29 is 24.0 Å². The highest BCUT2D eigenvalue weighted by molar-refractivity contribution is 8.16. The van der Waals surface area contributed by atoms with E-state index in [0.717, 1.165) is 0 Å². The van der Waals surface area contributed by atoms with E-state index < -0.39 is 16.9 Å². The third-order valence-corrected chi connectivity index (χ3v) is 8.05. The van der Waals surface area contributed by atoms with Crippen LogP contribution in [-0.2, 0) is 19.1 Å². The van der Waals surface area contributed by atoms with Crippen LogP contribution in [0.5, 0.6) is 0 Å². The number of ether oxygens (including phenoxy) is 1. The van der Waals surface area contributed by atoms with Crippen LogP contribution in [0.4, 0.5) is 5.69 Å². The molecule has 1 saturated heterocycles. The summed E-state index contributed by atoms with van der Waals surface area (Å²) in [5.41, 5.74) is 2.36. The van der Waals surface area contributed by atoms with Crippen LogP contribution in [0.3, 0.4) is 0 Å². The highest BCUT2D eigenvalue weighted by atomic mass is 32.2. The molecule has 2 amide bonds. The fourth-order valence-corrected chi connectivity index (χ4v) is 6.07. The van der Waals surface area contributed by atoms with Gasteiger partial charge in [-0.3, -0.25) is 19.7 Å². The second-order valence-corrected chi connectivity index (χ2v) is 10.5. The van der Waals surface area contributed by atoms with Crippen LogP contribution >= 0.6 is 11.8 Å². The molecule has 0 aromatic heterocycles. The zero-order valence-corrected chi connectivity index (χ0v) is 23.5. The van der Waals surface area contributed by atoms with Gasteiger partial charge in [-0.1, -0.05) is 54.2 Å². The van der Waals surface area contributed by atoms with Gasteiger partial charge in [0.05, 0.1) is 35.3 Å². The van der Waals surface area contributed by atoms with E-state index in [-0.39, 0.29) is 36.1 Å². The van der Waals surface area contributed by atoms with Crippen LogP contribution in [0, 0.1) is 10.1 Å². The largest absolute Gasteiger partial charge is 0.463 e. The Morgan fingerprint density at radius 1 is 1.05 bits per heavy atom. The van der Waals surface area contributed by atoms with Gasteiger partial charge in [0.25, 0.3) is 5.69 Å². The molecular weight excluding hydrogens is 546 g/mol. The number of nitro benzene ring substituents is 1. The molecule has 0 radical (unpaired) electrons. The average Bonchev–Trinajstić information content (AvgIpc) is 3.38. The number of fused-ring (bicyclic) bond motifs is 1. The molecule has 1 fully saturated rings. The quantitative estimate of drug-likeness (QED) is 0.276. The van der Waals surface area contributed by atoms with Gasteiger partial charge < -0.3 is 19.4 Å². The van der Waals surface area contributed by atoms with E-state index in [1.165, 1.54) is 30.8 Å². The van der Waals surface area contributed by atoms with Gasteiger partial charge in [0, 0.05) is 56.5 Å². The molecule has 3 aliphatic heterocycles. The van der Waals surface area contributed by atoms with E-state index in [1.54, 1.807) is 28.9 Å². The van der Waals surface area contributed by atoms with E-state index in [2.05, 4.69) is 0 Å². The number of carbonyl (C=O) groups is 3. The minimum absolute atomic E-state index is 0.0199. The second-order valence-electron chi connectivity index (χ2n) is 9.66. The van der Waals surface area contributed by atoms with E-state index in [4.69, 9.17) is 9.73 Å². The maximum Gasteiger partial charge on any atom is 0.338 e. The summed E-state index contributed by atoms with van der Waals surface area (Å²) in [6.07, 6.45) is 0.0360. The van der Waals surface area contributed by atoms with Crippen LogP contribution in [0.1, 0.15) is 37.4 Å². The van der Waals surface area contributed by atoms with Crippen LogP contribution in [0.2, 0.25) is 0 Å². The van der Waals surface area contributed by atoms with Crippen LogP contribution < -0.4 is 0 Å². The maximum atomic E-state index is 13.6. The first-order valence-corrected chi connectivity index (χ1v) is 14.1. The van der Waals surface area contributed by atoms with Gasteiger partial charge in [-0.15, -0.1) is 0 Å². The lowest BCUT2D eigenvalue weighted by Crippen LogP contribution is -2.50. The monoisotopic (exact) mass is 575 g/mol. The number of nitrogens with zero attached hydrogens (tertiary/aromatic N) is 5. The smallest absolute Gasteiger partial charge is 0.338 e. The fraction of sp³-hybridized carbons (Fsp3) is 0.310. The number of benzene rings is 2. The Labute approximate surface area is 241 Å². The molecular formula is C29H29N5O6S. The summed E-state index contributed by atoms with van der Waals surface area (Å²) in [7, 11) is 0. The SMILES string of the molecule is CCOC(=O)C1=C(c2ccccc2)N=C2SC=C(CC(=O)N3CCN(C(C)=O)CC3)N2[C@@H]1c1cccc([N+](=O)[O-])c1. The van der Waals surface area contributed by atoms with Gasteiger partial charge in [-0.2, -0.15) is 0 Å². The molecule has 3 aliphatic rings. The number of nitro groups is 1. The molecule has 41 heavy (non-hydrogen) atoms. The summed E-state index contributed by atoms with van der Waals surface area (Å²) >= 11 is 1.33. The lowest BCUT2D eigenvalue weighted by Gasteiger charge is -2.38. The lowest BCUT2D eigenvalue weighted by molar-refractivity contribution is -0.384. The van der Waals surface area contributed by atoms with Crippen molar-refractivity contribution in [3.63, 3.8) is 0 Å². The molecule has 0 bridgehead atoms. The van der Waals surface area contributed by atoms with Crippen LogP contribution in [0.15, 0.2) is 76.3 Å². The number of amides is 2.